The number of likely N-dealkylation sites (N-methyl/N-ethyl adjacent to an activating group) is 1. The summed E-state index contributed by atoms with van der Waals surface area (Å²) in [4.78, 5) is 2.22. The van der Waals surface area contributed by atoms with Crippen molar-refractivity contribution in [2.45, 2.75) is 19.1 Å². The smallest absolute Gasteiger partial charge is 0.126 e. The molecule has 1 heterocycles. The standard InChI is InChI=1S/C13H19F2N3O/c1-2-18-3-4-19-12(8-18)13(17-16)9-5-10(14)7-11(15)6-9/h5-7,12-13,17H,2-4,8,16H2,1H3. The van der Waals surface area contributed by atoms with Crippen molar-refractivity contribution in [3.8, 4) is 0 Å². The maximum absolute atomic E-state index is 13.3. The molecule has 2 unspecified atom stereocenters. The minimum Gasteiger partial charge on any atom is -0.374 e. The predicted molar refractivity (Wildman–Crippen MR) is 68.3 cm³/mol. The molecule has 2 rings (SSSR count). The summed E-state index contributed by atoms with van der Waals surface area (Å²) in [6.07, 6.45) is -0.222. The number of hydrogen-bond acceptors (Lipinski definition) is 4. The highest BCUT2D eigenvalue weighted by atomic mass is 19.1. The number of nitrogens with one attached hydrogen (secondary N) is 1. The van der Waals surface area contributed by atoms with Gasteiger partial charge in [-0.2, -0.15) is 0 Å². The van der Waals surface area contributed by atoms with Crippen molar-refractivity contribution in [2.24, 2.45) is 5.84 Å². The van der Waals surface area contributed by atoms with E-state index in [-0.39, 0.29) is 6.10 Å². The Bertz CT molecular complexity index is 410. The molecule has 1 aromatic rings. The summed E-state index contributed by atoms with van der Waals surface area (Å²) in [7, 11) is 0. The zero-order chi connectivity index (χ0) is 13.8. The summed E-state index contributed by atoms with van der Waals surface area (Å²) in [6.45, 7) is 5.11. The van der Waals surface area contributed by atoms with E-state index < -0.39 is 17.7 Å². The van der Waals surface area contributed by atoms with Crippen LogP contribution in [0, 0.1) is 11.6 Å². The van der Waals surface area contributed by atoms with Crippen LogP contribution in [0.3, 0.4) is 0 Å². The average molecular weight is 271 g/mol. The number of rotatable bonds is 4. The third-order valence-corrected chi connectivity index (χ3v) is 3.42. The lowest BCUT2D eigenvalue weighted by molar-refractivity contribution is -0.0457. The molecule has 3 N–H and O–H groups in total. The molecule has 0 spiro atoms. The molecule has 1 aliphatic heterocycles. The van der Waals surface area contributed by atoms with Gasteiger partial charge in [0.2, 0.25) is 0 Å². The number of ether oxygens (including phenoxy) is 1. The summed E-state index contributed by atoms with van der Waals surface area (Å²) >= 11 is 0. The van der Waals surface area contributed by atoms with Gasteiger partial charge in [0.1, 0.15) is 11.6 Å². The molecule has 1 aromatic carbocycles. The third-order valence-electron chi connectivity index (χ3n) is 3.42. The highest BCUT2D eigenvalue weighted by Gasteiger charge is 2.28. The summed E-state index contributed by atoms with van der Waals surface area (Å²) in [6, 6.07) is 2.97. The maximum atomic E-state index is 13.3. The van der Waals surface area contributed by atoms with Crippen molar-refractivity contribution >= 4 is 0 Å². The maximum Gasteiger partial charge on any atom is 0.126 e. The van der Waals surface area contributed by atoms with E-state index in [9.17, 15) is 8.78 Å². The van der Waals surface area contributed by atoms with Crippen molar-refractivity contribution in [1.29, 1.82) is 0 Å². The van der Waals surface area contributed by atoms with Crippen molar-refractivity contribution in [2.75, 3.05) is 26.2 Å². The van der Waals surface area contributed by atoms with Gasteiger partial charge < -0.3 is 4.74 Å². The van der Waals surface area contributed by atoms with E-state index in [0.29, 0.717) is 18.7 Å². The van der Waals surface area contributed by atoms with Crippen molar-refractivity contribution in [3.63, 3.8) is 0 Å². The molecular weight excluding hydrogens is 252 g/mol. The van der Waals surface area contributed by atoms with Crippen molar-refractivity contribution in [1.82, 2.24) is 10.3 Å². The largest absolute Gasteiger partial charge is 0.374 e. The minimum atomic E-state index is -0.613. The lowest BCUT2D eigenvalue weighted by Crippen LogP contribution is -2.49. The summed E-state index contributed by atoms with van der Waals surface area (Å²) < 4.78 is 32.2. The normalized spacial score (nSPS) is 22.4. The molecule has 106 valence electrons. The molecule has 2 atom stereocenters. The SMILES string of the molecule is CCN1CCOC(C(NN)c2cc(F)cc(F)c2)C1. The van der Waals surface area contributed by atoms with Crippen LogP contribution in [0.4, 0.5) is 8.78 Å². The molecular formula is C13H19F2N3O. The van der Waals surface area contributed by atoms with Crippen LogP contribution in [0.15, 0.2) is 18.2 Å². The molecule has 6 heteroatoms. The molecule has 0 aliphatic carbocycles. The Kier molecular flexibility index (Phi) is 4.81. The van der Waals surface area contributed by atoms with E-state index >= 15 is 0 Å². The molecule has 1 aliphatic rings. The minimum absolute atomic E-state index is 0.222. The highest BCUT2D eigenvalue weighted by molar-refractivity contribution is 5.22. The van der Waals surface area contributed by atoms with Gasteiger partial charge in [0, 0.05) is 19.2 Å². The Morgan fingerprint density at radius 1 is 1.42 bits per heavy atom. The molecule has 1 fully saturated rings. The fraction of sp³-hybridized carbons (Fsp3) is 0.538. The van der Waals surface area contributed by atoms with Crippen LogP contribution in [0.25, 0.3) is 0 Å². The van der Waals surface area contributed by atoms with Crippen LogP contribution in [0.5, 0.6) is 0 Å². The average Bonchev–Trinajstić information content (AvgIpc) is 2.39. The van der Waals surface area contributed by atoms with Crippen LogP contribution in [-0.4, -0.2) is 37.2 Å². The zero-order valence-corrected chi connectivity index (χ0v) is 10.9. The van der Waals surface area contributed by atoms with Crippen LogP contribution >= 0.6 is 0 Å². The fourth-order valence-corrected chi connectivity index (χ4v) is 2.39. The molecule has 4 nitrogen and oxygen atoms in total. The Balaban J connectivity index is 2.18. The van der Waals surface area contributed by atoms with E-state index in [1.165, 1.54) is 12.1 Å². The first-order valence-electron chi connectivity index (χ1n) is 6.40. The van der Waals surface area contributed by atoms with Crippen LogP contribution < -0.4 is 11.3 Å². The Hall–Kier alpha value is -1.08. The van der Waals surface area contributed by atoms with Gasteiger partial charge in [-0.15, -0.1) is 0 Å². The first-order chi connectivity index (χ1) is 9.13. The molecule has 0 amide bonds. The Labute approximate surface area is 111 Å². The van der Waals surface area contributed by atoms with Gasteiger partial charge in [-0.05, 0) is 24.2 Å². The number of benzene rings is 1. The molecule has 1 saturated heterocycles. The van der Waals surface area contributed by atoms with Crippen molar-refractivity contribution in [3.05, 3.63) is 35.4 Å². The summed E-state index contributed by atoms with van der Waals surface area (Å²) in [5.74, 6) is 4.30. The van der Waals surface area contributed by atoms with Gasteiger partial charge in [0.15, 0.2) is 0 Å². The van der Waals surface area contributed by atoms with E-state index in [1.807, 2.05) is 0 Å². The van der Waals surface area contributed by atoms with Gasteiger partial charge in [-0.25, -0.2) is 8.78 Å². The highest BCUT2D eigenvalue weighted by Crippen LogP contribution is 2.23. The van der Waals surface area contributed by atoms with Gasteiger partial charge >= 0.3 is 0 Å². The Morgan fingerprint density at radius 3 is 2.68 bits per heavy atom. The second-order valence-electron chi connectivity index (χ2n) is 4.65. The number of halogens is 2. The fourth-order valence-electron chi connectivity index (χ4n) is 2.39. The van der Waals surface area contributed by atoms with Crippen LogP contribution in [0.2, 0.25) is 0 Å². The third kappa shape index (κ3) is 3.48. The van der Waals surface area contributed by atoms with E-state index in [0.717, 1.165) is 19.2 Å². The zero-order valence-electron chi connectivity index (χ0n) is 10.9. The quantitative estimate of drug-likeness (QED) is 0.638. The number of morpholine rings is 1. The molecule has 19 heavy (non-hydrogen) atoms. The number of hydrogen-bond donors (Lipinski definition) is 2. The predicted octanol–water partition coefficient (Wildman–Crippen LogP) is 1.19. The topological polar surface area (TPSA) is 50.5 Å². The molecule has 0 radical (unpaired) electrons. The van der Waals surface area contributed by atoms with E-state index in [4.69, 9.17) is 10.6 Å². The second kappa shape index (κ2) is 6.38. The molecule has 0 saturated carbocycles. The van der Waals surface area contributed by atoms with Gasteiger partial charge in [0.25, 0.3) is 0 Å². The van der Waals surface area contributed by atoms with Gasteiger partial charge in [-0.1, -0.05) is 6.92 Å². The van der Waals surface area contributed by atoms with E-state index in [1.54, 1.807) is 0 Å². The summed E-state index contributed by atoms with van der Waals surface area (Å²) in [5.41, 5.74) is 3.06. The second-order valence-corrected chi connectivity index (χ2v) is 4.65. The number of hydrazine groups is 1. The van der Waals surface area contributed by atoms with Crippen LogP contribution in [0.1, 0.15) is 18.5 Å². The lowest BCUT2D eigenvalue weighted by Gasteiger charge is -2.36. The van der Waals surface area contributed by atoms with Gasteiger partial charge in [0.05, 0.1) is 18.8 Å². The lowest BCUT2D eigenvalue weighted by atomic mass is 10.00. The van der Waals surface area contributed by atoms with Gasteiger partial charge in [-0.3, -0.25) is 16.2 Å². The van der Waals surface area contributed by atoms with E-state index in [2.05, 4.69) is 17.2 Å². The first kappa shape index (κ1) is 14.3. The number of nitrogens with two attached hydrogens (primary N) is 1. The number of nitrogens with zero attached hydrogens (tertiary/aromatic N) is 1. The van der Waals surface area contributed by atoms with Crippen molar-refractivity contribution < 1.29 is 13.5 Å². The monoisotopic (exact) mass is 271 g/mol. The first-order valence-corrected chi connectivity index (χ1v) is 6.40. The Morgan fingerprint density at radius 2 is 2.11 bits per heavy atom. The molecule has 0 aromatic heterocycles. The van der Waals surface area contributed by atoms with Crippen LogP contribution in [-0.2, 0) is 4.74 Å². The summed E-state index contributed by atoms with van der Waals surface area (Å²) in [5, 5.41) is 0. The molecule has 0 bridgehead atoms.